The first-order valence-electron chi connectivity index (χ1n) is 9.90. The average molecular weight is 405 g/mol. The zero-order valence-corrected chi connectivity index (χ0v) is 16.5. The molecule has 0 spiro atoms. The van der Waals surface area contributed by atoms with Crippen LogP contribution in [0.5, 0.6) is 11.5 Å². The van der Waals surface area contributed by atoms with E-state index in [2.05, 4.69) is 10.3 Å². The maximum atomic E-state index is 12.4. The van der Waals surface area contributed by atoms with Crippen LogP contribution in [-0.2, 0) is 17.9 Å². The molecule has 0 fully saturated rings. The molecule has 0 aliphatic carbocycles. The third-order valence-corrected chi connectivity index (χ3v) is 4.88. The van der Waals surface area contributed by atoms with Crippen molar-refractivity contribution in [3.63, 3.8) is 0 Å². The topological polar surface area (TPSA) is 82.5 Å². The molecule has 0 saturated heterocycles. The Morgan fingerprint density at radius 2 is 1.73 bits per heavy atom. The highest BCUT2D eigenvalue weighted by Gasteiger charge is 2.15. The molecule has 1 aromatic heterocycles. The Morgan fingerprint density at radius 1 is 0.967 bits per heavy atom. The maximum absolute atomic E-state index is 12.4. The minimum absolute atomic E-state index is 0.0917. The molecule has 7 heteroatoms. The Labute approximate surface area is 174 Å². The van der Waals surface area contributed by atoms with Crippen molar-refractivity contribution in [2.24, 2.45) is 0 Å². The summed E-state index contributed by atoms with van der Waals surface area (Å²) in [6.45, 7) is 2.17. The molecular formula is C23H23N3O4. The number of imidazole rings is 1. The largest absolute Gasteiger partial charge is 0.486 e. The van der Waals surface area contributed by atoms with E-state index in [9.17, 15) is 9.59 Å². The summed E-state index contributed by atoms with van der Waals surface area (Å²) in [6, 6.07) is 13.2. The summed E-state index contributed by atoms with van der Waals surface area (Å²) in [4.78, 5) is 28.6. The van der Waals surface area contributed by atoms with Crippen molar-refractivity contribution in [2.75, 3.05) is 13.2 Å². The normalized spacial score (nSPS) is 12.4. The summed E-state index contributed by atoms with van der Waals surface area (Å²) in [5, 5.41) is 2.87. The van der Waals surface area contributed by atoms with Crippen LogP contribution in [0.15, 0.2) is 61.2 Å². The van der Waals surface area contributed by atoms with Gasteiger partial charge in [-0.1, -0.05) is 24.3 Å². The molecule has 0 atom stereocenters. The van der Waals surface area contributed by atoms with Gasteiger partial charge in [-0.15, -0.1) is 0 Å². The van der Waals surface area contributed by atoms with Gasteiger partial charge >= 0.3 is 0 Å². The third-order valence-electron chi connectivity index (χ3n) is 4.88. The first kappa shape index (κ1) is 19.7. The van der Waals surface area contributed by atoms with Crippen LogP contribution in [0.4, 0.5) is 0 Å². The summed E-state index contributed by atoms with van der Waals surface area (Å²) in [5.41, 5.74) is 2.70. The molecule has 30 heavy (non-hydrogen) atoms. The van der Waals surface area contributed by atoms with Crippen LogP contribution in [-0.4, -0.2) is 34.5 Å². The van der Waals surface area contributed by atoms with E-state index in [-0.39, 0.29) is 24.5 Å². The van der Waals surface area contributed by atoms with Gasteiger partial charge in [0, 0.05) is 43.9 Å². The van der Waals surface area contributed by atoms with Gasteiger partial charge in [0.2, 0.25) is 5.91 Å². The number of Topliss-reactive ketones (excluding diaryl/α,β-unsaturated/α-hetero) is 1. The highest BCUT2D eigenvalue weighted by atomic mass is 16.6. The van der Waals surface area contributed by atoms with Gasteiger partial charge in [-0.05, 0) is 29.3 Å². The fraction of sp³-hybridized carbons (Fsp3) is 0.261. The van der Waals surface area contributed by atoms with Gasteiger partial charge in [-0.2, -0.15) is 0 Å². The van der Waals surface area contributed by atoms with Crippen LogP contribution in [0.2, 0.25) is 0 Å². The van der Waals surface area contributed by atoms with Crippen molar-refractivity contribution in [1.29, 1.82) is 0 Å². The molecule has 2 heterocycles. The van der Waals surface area contributed by atoms with Crippen molar-refractivity contribution < 1.29 is 19.1 Å². The van der Waals surface area contributed by atoms with Crippen LogP contribution >= 0.6 is 0 Å². The van der Waals surface area contributed by atoms with E-state index in [4.69, 9.17) is 9.47 Å². The van der Waals surface area contributed by atoms with Crippen LogP contribution < -0.4 is 14.8 Å². The number of carbonyl (C=O) groups is 2. The lowest BCUT2D eigenvalue weighted by atomic mass is 10.1. The number of carbonyl (C=O) groups excluding carboxylic acids is 2. The molecule has 0 bridgehead atoms. The Morgan fingerprint density at radius 3 is 2.50 bits per heavy atom. The molecule has 0 radical (unpaired) electrons. The lowest BCUT2D eigenvalue weighted by Crippen LogP contribution is -2.23. The second-order valence-electron chi connectivity index (χ2n) is 7.11. The molecule has 154 valence electrons. The molecule has 0 unspecified atom stereocenters. The van der Waals surface area contributed by atoms with Crippen LogP contribution in [0.3, 0.4) is 0 Å². The lowest BCUT2D eigenvalue weighted by Gasteiger charge is -2.18. The van der Waals surface area contributed by atoms with Crippen LogP contribution in [0.1, 0.15) is 34.3 Å². The number of aromatic nitrogens is 2. The zero-order valence-electron chi connectivity index (χ0n) is 16.5. The van der Waals surface area contributed by atoms with Gasteiger partial charge in [0.05, 0.1) is 6.33 Å². The van der Waals surface area contributed by atoms with Gasteiger partial charge in [-0.3, -0.25) is 9.59 Å². The maximum Gasteiger partial charge on any atom is 0.220 e. The third kappa shape index (κ3) is 5.05. The Kier molecular flexibility index (Phi) is 6.08. The van der Waals surface area contributed by atoms with Crippen LogP contribution in [0, 0.1) is 0 Å². The monoisotopic (exact) mass is 405 g/mol. The average Bonchev–Trinajstić information content (AvgIpc) is 3.29. The number of nitrogens with one attached hydrogen (secondary N) is 1. The summed E-state index contributed by atoms with van der Waals surface area (Å²) in [5.74, 6) is 0.981. The second-order valence-corrected chi connectivity index (χ2v) is 7.11. The number of benzene rings is 2. The molecule has 1 aliphatic rings. The Balaban J connectivity index is 1.22. The second kappa shape index (κ2) is 9.26. The van der Waals surface area contributed by atoms with E-state index >= 15 is 0 Å². The molecule has 3 aromatic rings. The predicted molar refractivity (Wildman–Crippen MR) is 111 cm³/mol. The van der Waals surface area contributed by atoms with Gasteiger partial charge in [-0.25, -0.2) is 4.98 Å². The number of rotatable bonds is 8. The number of amides is 1. The number of ketones is 1. The Hall–Kier alpha value is -3.61. The van der Waals surface area contributed by atoms with Gasteiger partial charge in [0.25, 0.3) is 0 Å². The molecule has 1 N–H and O–H groups in total. The highest BCUT2D eigenvalue weighted by molar-refractivity contribution is 5.98. The SMILES string of the molecule is O=C(CCC(=O)c1ccc2c(c1)OCCO2)NCc1ccc(Cn2ccnc2)cc1. The Bertz CT molecular complexity index is 1010. The smallest absolute Gasteiger partial charge is 0.220 e. The fourth-order valence-electron chi connectivity index (χ4n) is 3.23. The van der Waals surface area contributed by atoms with Crippen LogP contribution in [0.25, 0.3) is 0 Å². The number of hydrogen-bond donors (Lipinski definition) is 1. The van der Waals surface area contributed by atoms with Crippen molar-refractivity contribution in [3.05, 3.63) is 77.9 Å². The number of ether oxygens (including phenoxy) is 2. The first-order valence-corrected chi connectivity index (χ1v) is 9.90. The summed E-state index contributed by atoms with van der Waals surface area (Å²) in [6.07, 6.45) is 5.74. The molecule has 1 aliphatic heterocycles. The van der Waals surface area contributed by atoms with Crippen molar-refractivity contribution in [2.45, 2.75) is 25.9 Å². The van der Waals surface area contributed by atoms with Crippen molar-refractivity contribution >= 4 is 11.7 Å². The van der Waals surface area contributed by atoms with E-state index in [0.29, 0.717) is 36.8 Å². The summed E-state index contributed by atoms with van der Waals surface area (Å²) < 4.78 is 13.0. The highest BCUT2D eigenvalue weighted by Crippen LogP contribution is 2.31. The number of hydrogen-bond acceptors (Lipinski definition) is 5. The zero-order chi connectivity index (χ0) is 20.8. The van der Waals surface area contributed by atoms with Crippen molar-refractivity contribution in [1.82, 2.24) is 14.9 Å². The summed E-state index contributed by atoms with van der Waals surface area (Å²) in [7, 11) is 0. The molecule has 4 rings (SSSR count). The van der Waals surface area contributed by atoms with Gasteiger partial charge in [0.15, 0.2) is 17.3 Å². The summed E-state index contributed by atoms with van der Waals surface area (Å²) >= 11 is 0. The predicted octanol–water partition coefficient (Wildman–Crippen LogP) is 2.98. The molecule has 7 nitrogen and oxygen atoms in total. The first-order chi connectivity index (χ1) is 14.7. The lowest BCUT2D eigenvalue weighted by molar-refractivity contribution is -0.121. The van der Waals surface area contributed by atoms with Gasteiger partial charge < -0.3 is 19.4 Å². The van der Waals surface area contributed by atoms with E-state index < -0.39 is 0 Å². The molecule has 2 aromatic carbocycles. The van der Waals surface area contributed by atoms with E-state index in [0.717, 1.165) is 17.7 Å². The fourth-order valence-corrected chi connectivity index (χ4v) is 3.23. The number of fused-ring (bicyclic) bond motifs is 1. The molecule has 0 saturated carbocycles. The van der Waals surface area contributed by atoms with E-state index in [1.54, 1.807) is 30.7 Å². The van der Waals surface area contributed by atoms with Crippen molar-refractivity contribution in [3.8, 4) is 11.5 Å². The minimum atomic E-state index is -0.150. The quantitative estimate of drug-likeness (QED) is 0.583. The van der Waals surface area contributed by atoms with E-state index in [1.807, 2.05) is 35.0 Å². The molecular weight excluding hydrogens is 382 g/mol. The number of nitrogens with zero attached hydrogens (tertiary/aromatic N) is 2. The van der Waals surface area contributed by atoms with E-state index in [1.165, 1.54) is 0 Å². The van der Waals surface area contributed by atoms with Gasteiger partial charge in [0.1, 0.15) is 13.2 Å². The minimum Gasteiger partial charge on any atom is -0.486 e. The standard InChI is InChI=1S/C23H23N3O4/c27-20(19-5-7-21-22(13-19)30-12-11-29-21)6-8-23(28)25-14-17-1-3-18(4-2-17)15-26-10-9-24-16-26/h1-5,7,9-10,13,16H,6,8,11-12,14-15H2,(H,25,28). The molecule has 1 amide bonds.